The van der Waals surface area contributed by atoms with Crippen LogP contribution in [-0.2, 0) is 0 Å². The summed E-state index contributed by atoms with van der Waals surface area (Å²) in [6.07, 6.45) is 2.36. The highest BCUT2D eigenvalue weighted by atomic mass is 16.5. The topological polar surface area (TPSA) is 57.4 Å². The molecule has 1 aromatic rings. The Morgan fingerprint density at radius 3 is 2.79 bits per heavy atom. The minimum atomic E-state index is 0.344. The van der Waals surface area contributed by atoms with E-state index >= 15 is 0 Å². The van der Waals surface area contributed by atoms with E-state index < -0.39 is 0 Å². The highest BCUT2D eigenvalue weighted by Gasteiger charge is 2.36. The molecule has 5 heterocycles. The summed E-state index contributed by atoms with van der Waals surface area (Å²) in [7, 11) is 0. The minimum Gasteiger partial charge on any atom is -0.339 e. The summed E-state index contributed by atoms with van der Waals surface area (Å²) in [4.78, 5) is 9.69. The standard InChI is InChI=1S/C13H21N5O/c1-2-10(8-14-3-1)13-15-12(16-19-13)11-9-17-4-6-18(11)7-5-17/h10-11,14H,1-9H2. The maximum absolute atomic E-state index is 5.52. The van der Waals surface area contributed by atoms with Gasteiger partial charge in [-0.15, -0.1) is 0 Å². The summed E-state index contributed by atoms with van der Waals surface area (Å²) in [6.45, 7) is 7.80. The summed E-state index contributed by atoms with van der Waals surface area (Å²) < 4.78 is 5.52. The van der Waals surface area contributed by atoms with Crippen LogP contribution in [0.5, 0.6) is 0 Å². The molecule has 0 spiro atoms. The highest BCUT2D eigenvalue weighted by molar-refractivity contribution is 5.04. The van der Waals surface area contributed by atoms with Gasteiger partial charge in [-0.1, -0.05) is 5.16 Å². The van der Waals surface area contributed by atoms with Gasteiger partial charge in [-0.25, -0.2) is 0 Å². The van der Waals surface area contributed by atoms with Gasteiger partial charge in [-0.05, 0) is 19.4 Å². The summed E-state index contributed by atoms with van der Waals surface area (Å²) >= 11 is 0. The fraction of sp³-hybridized carbons (Fsp3) is 0.846. The Hall–Kier alpha value is -0.980. The van der Waals surface area contributed by atoms with E-state index in [4.69, 9.17) is 9.51 Å². The van der Waals surface area contributed by atoms with Crippen LogP contribution < -0.4 is 5.32 Å². The molecule has 4 aliphatic heterocycles. The molecule has 4 saturated heterocycles. The van der Waals surface area contributed by atoms with E-state index in [0.717, 1.165) is 50.9 Å². The quantitative estimate of drug-likeness (QED) is 0.823. The van der Waals surface area contributed by atoms with Crippen molar-refractivity contribution >= 4 is 0 Å². The third kappa shape index (κ3) is 2.17. The second-order valence-electron chi connectivity index (χ2n) is 5.89. The van der Waals surface area contributed by atoms with Crippen molar-refractivity contribution in [1.29, 1.82) is 0 Å². The van der Waals surface area contributed by atoms with Crippen LogP contribution in [0.3, 0.4) is 0 Å². The SMILES string of the molecule is C1CNCC(c2nc(C3CN4CCN3CC4)no2)C1. The Kier molecular flexibility index (Phi) is 3.01. The largest absolute Gasteiger partial charge is 0.339 e. The number of nitrogens with one attached hydrogen (secondary N) is 1. The first-order valence-corrected chi connectivity index (χ1v) is 7.41. The molecule has 0 amide bonds. The van der Waals surface area contributed by atoms with Crippen LogP contribution >= 0.6 is 0 Å². The minimum absolute atomic E-state index is 0.344. The fourth-order valence-electron chi connectivity index (χ4n) is 3.47. The molecule has 5 rings (SSSR count). The second kappa shape index (κ2) is 4.85. The number of nitrogens with zero attached hydrogens (tertiary/aromatic N) is 4. The van der Waals surface area contributed by atoms with Crippen LogP contribution in [-0.4, -0.2) is 65.8 Å². The van der Waals surface area contributed by atoms with Crippen LogP contribution in [0.15, 0.2) is 4.52 Å². The second-order valence-corrected chi connectivity index (χ2v) is 5.89. The number of hydrogen-bond acceptors (Lipinski definition) is 6. The lowest BCUT2D eigenvalue weighted by Gasteiger charge is -2.46. The monoisotopic (exact) mass is 263 g/mol. The molecule has 0 radical (unpaired) electrons. The molecule has 6 heteroatoms. The molecular weight excluding hydrogens is 242 g/mol. The Morgan fingerprint density at radius 1 is 1.21 bits per heavy atom. The summed E-state index contributed by atoms with van der Waals surface area (Å²) in [5.74, 6) is 2.14. The van der Waals surface area contributed by atoms with Crippen molar-refractivity contribution in [3.8, 4) is 0 Å². The van der Waals surface area contributed by atoms with Crippen molar-refractivity contribution in [3.63, 3.8) is 0 Å². The Morgan fingerprint density at radius 2 is 2.11 bits per heavy atom. The number of piperazine rings is 3. The van der Waals surface area contributed by atoms with Gasteiger partial charge < -0.3 is 9.84 Å². The molecule has 6 nitrogen and oxygen atoms in total. The molecule has 1 N–H and O–H groups in total. The van der Waals surface area contributed by atoms with E-state index in [-0.39, 0.29) is 0 Å². The number of rotatable bonds is 2. The molecule has 2 atom stereocenters. The van der Waals surface area contributed by atoms with Gasteiger partial charge in [-0.3, -0.25) is 9.80 Å². The van der Waals surface area contributed by atoms with Crippen molar-refractivity contribution in [2.75, 3.05) is 45.8 Å². The van der Waals surface area contributed by atoms with Gasteiger partial charge in [0.25, 0.3) is 0 Å². The van der Waals surface area contributed by atoms with Crippen molar-refractivity contribution in [1.82, 2.24) is 25.3 Å². The average molecular weight is 263 g/mol. The number of piperidine rings is 1. The normalized spacial score (nSPS) is 38.5. The van der Waals surface area contributed by atoms with Gasteiger partial charge in [0.05, 0.1) is 12.0 Å². The molecule has 0 aliphatic carbocycles. The third-order valence-electron chi connectivity index (χ3n) is 4.68. The molecule has 4 fully saturated rings. The van der Waals surface area contributed by atoms with E-state index in [1.54, 1.807) is 0 Å². The lowest BCUT2D eigenvalue weighted by molar-refractivity contribution is 0.00781. The first kappa shape index (κ1) is 11.8. The van der Waals surface area contributed by atoms with Crippen LogP contribution in [0.25, 0.3) is 0 Å². The smallest absolute Gasteiger partial charge is 0.231 e. The van der Waals surface area contributed by atoms with Gasteiger partial charge in [0.15, 0.2) is 5.82 Å². The predicted molar refractivity (Wildman–Crippen MR) is 69.9 cm³/mol. The van der Waals surface area contributed by atoms with Crippen molar-refractivity contribution < 1.29 is 4.52 Å². The fourth-order valence-corrected chi connectivity index (χ4v) is 3.47. The molecule has 0 aromatic carbocycles. The summed E-state index contributed by atoms with van der Waals surface area (Å²) in [5.41, 5.74) is 0. The summed E-state index contributed by atoms with van der Waals surface area (Å²) in [6, 6.07) is 0.344. The maximum Gasteiger partial charge on any atom is 0.231 e. The van der Waals surface area contributed by atoms with Crippen molar-refractivity contribution in [3.05, 3.63) is 11.7 Å². The molecule has 104 valence electrons. The van der Waals surface area contributed by atoms with Gasteiger partial charge in [0.2, 0.25) is 5.89 Å². The zero-order valence-corrected chi connectivity index (χ0v) is 11.2. The van der Waals surface area contributed by atoms with Crippen LogP contribution in [0.2, 0.25) is 0 Å². The zero-order valence-electron chi connectivity index (χ0n) is 11.2. The van der Waals surface area contributed by atoms with Gasteiger partial charge >= 0.3 is 0 Å². The zero-order chi connectivity index (χ0) is 12.7. The number of fused-ring (bicyclic) bond motifs is 3. The van der Waals surface area contributed by atoms with E-state index in [2.05, 4.69) is 20.3 Å². The van der Waals surface area contributed by atoms with Crippen LogP contribution in [0.4, 0.5) is 0 Å². The molecule has 0 saturated carbocycles. The maximum atomic E-state index is 5.52. The van der Waals surface area contributed by atoms with E-state index in [1.165, 1.54) is 19.5 Å². The Bertz CT molecular complexity index is 434. The van der Waals surface area contributed by atoms with Crippen molar-refractivity contribution in [2.45, 2.75) is 24.8 Å². The van der Waals surface area contributed by atoms with Gasteiger partial charge in [0, 0.05) is 39.3 Å². The molecule has 2 bridgehead atoms. The van der Waals surface area contributed by atoms with E-state index in [0.29, 0.717) is 12.0 Å². The van der Waals surface area contributed by atoms with E-state index in [9.17, 15) is 0 Å². The highest BCUT2D eigenvalue weighted by Crippen LogP contribution is 2.29. The van der Waals surface area contributed by atoms with E-state index in [1.807, 2.05) is 0 Å². The Balaban J connectivity index is 1.51. The number of aromatic nitrogens is 2. The molecule has 1 aromatic heterocycles. The molecular formula is C13H21N5O. The van der Waals surface area contributed by atoms with Gasteiger partial charge in [0.1, 0.15) is 0 Å². The molecule has 2 unspecified atom stereocenters. The summed E-state index contributed by atoms with van der Waals surface area (Å²) in [5, 5.41) is 7.65. The predicted octanol–water partition coefficient (Wildman–Crippen LogP) is 0.209. The average Bonchev–Trinajstić information content (AvgIpc) is 2.99. The number of hydrogen-bond donors (Lipinski definition) is 1. The van der Waals surface area contributed by atoms with Gasteiger partial charge in [-0.2, -0.15) is 4.98 Å². The van der Waals surface area contributed by atoms with Crippen LogP contribution in [0, 0.1) is 0 Å². The first-order valence-electron chi connectivity index (χ1n) is 7.41. The third-order valence-corrected chi connectivity index (χ3v) is 4.68. The Labute approximate surface area is 113 Å². The first-order chi connectivity index (χ1) is 9.40. The lowest BCUT2D eigenvalue weighted by atomic mass is 10.00. The van der Waals surface area contributed by atoms with Crippen LogP contribution in [0.1, 0.15) is 36.5 Å². The lowest BCUT2D eigenvalue weighted by Crippen LogP contribution is -2.57. The molecule has 19 heavy (non-hydrogen) atoms. The van der Waals surface area contributed by atoms with Crippen molar-refractivity contribution in [2.24, 2.45) is 0 Å². The molecule has 4 aliphatic rings.